The number of rotatable bonds is 4. The molecule has 2 heterocycles. The van der Waals surface area contributed by atoms with Crippen LogP contribution in [0.1, 0.15) is 21.5 Å². The first-order chi connectivity index (χ1) is 12.2. The van der Waals surface area contributed by atoms with Gasteiger partial charge in [-0.25, -0.2) is 4.98 Å². The van der Waals surface area contributed by atoms with Crippen molar-refractivity contribution in [1.82, 2.24) is 9.55 Å². The normalized spacial score (nSPS) is 10.9. The van der Waals surface area contributed by atoms with Gasteiger partial charge < -0.3 is 4.57 Å². The van der Waals surface area contributed by atoms with Crippen molar-refractivity contribution in [3.8, 4) is 0 Å². The number of ketones is 1. The van der Waals surface area contributed by atoms with Crippen LogP contribution in [-0.4, -0.2) is 15.3 Å². The lowest BCUT2D eigenvalue weighted by Gasteiger charge is -2.05. The number of nitrogens with zero attached hydrogens (tertiary/aromatic N) is 2. The molecule has 0 atom stereocenters. The predicted molar refractivity (Wildman–Crippen MR) is 103 cm³/mol. The van der Waals surface area contributed by atoms with Crippen molar-refractivity contribution < 1.29 is 4.79 Å². The predicted octanol–water partition coefficient (Wildman–Crippen LogP) is 5.08. The first-order valence-electron chi connectivity index (χ1n) is 8.00. The monoisotopic (exact) mass is 390 g/mol. The molecule has 0 bridgehead atoms. The lowest BCUT2D eigenvalue weighted by atomic mass is 10.0. The van der Waals surface area contributed by atoms with Crippen molar-refractivity contribution in [2.45, 2.75) is 6.54 Å². The summed E-state index contributed by atoms with van der Waals surface area (Å²) in [5, 5.41) is 0.964. The van der Waals surface area contributed by atoms with Gasteiger partial charge in [0, 0.05) is 41.0 Å². The molecule has 0 aliphatic carbocycles. The molecule has 4 aromatic rings. The Hall–Kier alpha value is -2.72. The average molecular weight is 391 g/mol. The molecule has 25 heavy (non-hydrogen) atoms. The average Bonchev–Trinajstić information content (AvgIpc) is 3.01. The van der Waals surface area contributed by atoms with Gasteiger partial charge in [0.2, 0.25) is 0 Å². The van der Waals surface area contributed by atoms with Crippen LogP contribution in [0.15, 0.2) is 83.7 Å². The number of pyridine rings is 1. The van der Waals surface area contributed by atoms with E-state index in [0.29, 0.717) is 11.1 Å². The molecule has 0 aliphatic rings. The zero-order chi connectivity index (χ0) is 17.2. The van der Waals surface area contributed by atoms with E-state index in [2.05, 4.69) is 43.7 Å². The molecular formula is C21H15BrN2O. The van der Waals surface area contributed by atoms with Gasteiger partial charge in [0.15, 0.2) is 5.78 Å². The highest BCUT2D eigenvalue weighted by Crippen LogP contribution is 2.25. The number of halogens is 1. The Balaban J connectivity index is 1.79. The summed E-state index contributed by atoms with van der Waals surface area (Å²) in [6.07, 6.45) is 3.55. The van der Waals surface area contributed by atoms with E-state index < -0.39 is 0 Å². The van der Waals surface area contributed by atoms with Gasteiger partial charge in [-0.15, -0.1) is 0 Å². The van der Waals surface area contributed by atoms with Crippen LogP contribution in [0, 0.1) is 0 Å². The second-order valence-corrected chi connectivity index (χ2v) is 6.68. The van der Waals surface area contributed by atoms with Gasteiger partial charge in [-0.05, 0) is 39.7 Å². The van der Waals surface area contributed by atoms with E-state index in [1.807, 2.05) is 42.6 Å². The molecular weight excluding hydrogens is 376 g/mol. The summed E-state index contributed by atoms with van der Waals surface area (Å²) >= 11 is 3.31. The maximum Gasteiger partial charge on any atom is 0.196 e. The Labute approximate surface area is 154 Å². The largest absolute Gasteiger partial charge is 0.342 e. The standard InChI is InChI=1S/C21H15BrN2O/c22-20-11-10-16(12-23-20)21(25)18-14-24(13-15-6-2-1-3-7-15)19-9-5-4-8-17(18)19/h1-12,14H,13H2. The Morgan fingerprint density at radius 1 is 0.960 bits per heavy atom. The third kappa shape index (κ3) is 3.13. The van der Waals surface area contributed by atoms with Crippen molar-refractivity contribution in [3.05, 3.63) is 100 Å². The highest BCUT2D eigenvalue weighted by molar-refractivity contribution is 9.10. The van der Waals surface area contributed by atoms with E-state index >= 15 is 0 Å². The Kier molecular flexibility index (Phi) is 4.20. The fourth-order valence-corrected chi connectivity index (χ4v) is 3.24. The molecule has 0 spiro atoms. The number of fused-ring (bicyclic) bond motifs is 1. The quantitative estimate of drug-likeness (QED) is 0.359. The van der Waals surface area contributed by atoms with Crippen LogP contribution in [0.2, 0.25) is 0 Å². The summed E-state index contributed by atoms with van der Waals surface area (Å²) in [5.74, 6) is -0.0111. The van der Waals surface area contributed by atoms with Crippen LogP contribution >= 0.6 is 15.9 Å². The van der Waals surface area contributed by atoms with Gasteiger partial charge in [0.05, 0.1) is 0 Å². The minimum atomic E-state index is -0.0111. The van der Waals surface area contributed by atoms with Crippen LogP contribution in [0.5, 0.6) is 0 Å². The van der Waals surface area contributed by atoms with Crippen LogP contribution in [0.4, 0.5) is 0 Å². The number of carbonyl (C=O) groups excluding carboxylic acids is 1. The Bertz CT molecular complexity index is 1040. The second kappa shape index (κ2) is 6.65. The zero-order valence-electron chi connectivity index (χ0n) is 13.4. The highest BCUT2D eigenvalue weighted by Gasteiger charge is 2.17. The third-order valence-electron chi connectivity index (χ3n) is 4.22. The molecule has 122 valence electrons. The number of hydrogen-bond acceptors (Lipinski definition) is 2. The van der Waals surface area contributed by atoms with E-state index in [1.54, 1.807) is 18.3 Å². The van der Waals surface area contributed by atoms with E-state index in [4.69, 9.17) is 0 Å². The van der Waals surface area contributed by atoms with Gasteiger partial charge in [0.25, 0.3) is 0 Å². The molecule has 0 radical (unpaired) electrons. The van der Waals surface area contributed by atoms with Crippen molar-refractivity contribution in [3.63, 3.8) is 0 Å². The molecule has 0 aliphatic heterocycles. The maximum atomic E-state index is 13.0. The summed E-state index contributed by atoms with van der Waals surface area (Å²) in [4.78, 5) is 17.1. The summed E-state index contributed by atoms with van der Waals surface area (Å²) in [6, 6.07) is 21.8. The van der Waals surface area contributed by atoms with Gasteiger partial charge in [0.1, 0.15) is 4.60 Å². The molecule has 0 N–H and O–H groups in total. The van der Waals surface area contributed by atoms with E-state index in [1.165, 1.54) is 5.56 Å². The van der Waals surface area contributed by atoms with E-state index in [0.717, 1.165) is 22.1 Å². The summed E-state index contributed by atoms with van der Waals surface area (Å²) in [5.41, 5.74) is 3.55. The van der Waals surface area contributed by atoms with Gasteiger partial charge in [-0.1, -0.05) is 48.5 Å². The topological polar surface area (TPSA) is 34.9 Å². The number of para-hydroxylation sites is 1. The Morgan fingerprint density at radius 3 is 2.48 bits per heavy atom. The van der Waals surface area contributed by atoms with Gasteiger partial charge in [-0.2, -0.15) is 0 Å². The van der Waals surface area contributed by atoms with Crippen LogP contribution in [-0.2, 0) is 6.54 Å². The number of carbonyl (C=O) groups is 1. The zero-order valence-corrected chi connectivity index (χ0v) is 15.0. The number of benzene rings is 2. The summed E-state index contributed by atoms with van der Waals surface area (Å²) in [7, 11) is 0. The molecule has 0 fully saturated rings. The minimum absolute atomic E-state index is 0.0111. The lowest BCUT2D eigenvalue weighted by molar-refractivity contribution is 0.103. The van der Waals surface area contributed by atoms with Gasteiger partial charge in [-0.3, -0.25) is 4.79 Å². The first-order valence-corrected chi connectivity index (χ1v) is 8.80. The maximum absolute atomic E-state index is 13.0. The molecule has 4 rings (SSSR count). The lowest BCUT2D eigenvalue weighted by Crippen LogP contribution is -2.02. The molecule has 3 nitrogen and oxygen atoms in total. The molecule has 0 saturated carbocycles. The smallest absolute Gasteiger partial charge is 0.196 e. The van der Waals surface area contributed by atoms with Crippen LogP contribution in [0.3, 0.4) is 0 Å². The summed E-state index contributed by atoms with van der Waals surface area (Å²) < 4.78 is 2.85. The molecule has 2 aromatic heterocycles. The Morgan fingerprint density at radius 2 is 1.72 bits per heavy atom. The van der Waals surface area contributed by atoms with E-state index in [-0.39, 0.29) is 5.78 Å². The highest BCUT2D eigenvalue weighted by atomic mass is 79.9. The molecule has 0 saturated heterocycles. The number of aromatic nitrogens is 2. The fraction of sp³-hybridized carbons (Fsp3) is 0.0476. The van der Waals surface area contributed by atoms with Crippen LogP contribution < -0.4 is 0 Å². The summed E-state index contributed by atoms with van der Waals surface area (Å²) in [6.45, 7) is 0.729. The molecule has 4 heteroatoms. The number of hydrogen-bond donors (Lipinski definition) is 0. The minimum Gasteiger partial charge on any atom is -0.342 e. The third-order valence-corrected chi connectivity index (χ3v) is 4.69. The molecule has 2 aromatic carbocycles. The first kappa shape index (κ1) is 15.8. The van der Waals surface area contributed by atoms with Gasteiger partial charge >= 0.3 is 0 Å². The van der Waals surface area contributed by atoms with E-state index in [9.17, 15) is 4.79 Å². The van der Waals surface area contributed by atoms with Crippen LogP contribution in [0.25, 0.3) is 10.9 Å². The SMILES string of the molecule is O=C(c1ccc(Br)nc1)c1cn(Cc2ccccc2)c2ccccc12. The van der Waals surface area contributed by atoms with Crippen molar-refractivity contribution >= 4 is 32.6 Å². The second-order valence-electron chi connectivity index (χ2n) is 5.87. The van der Waals surface area contributed by atoms with Crippen molar-refractivity contribution in [1.29, 1.82) is 0 Å². The molecule has 0 unspecified atom stereocenters. The fourth-order valence-electron chi connectivity index (χ4n) is 3.00. The van der Waals surface area contributed by atoms with Crippen molar-refractivity contribution in [2.24, 2.45) is 0 Å². The van der Waals surface area contributed by atoms with Crippen molar-refractivity contribution in [2.75, 3.05) is 0 Å². The molecule has 0 amide bonds.